The van der Waals surface area contributed by atoms with Gasteiger partial charge >= 0.3 is 0 Å². The summed E-state index contributed by atoms with van der Waals surface area (Å²) in [5.41, 5.74) is 0.742. The highest BCUT2D eigenvalue weighted by molar-refractivity contribution is 7.99. The van der Waals surface area contributed by atoms with Gasteiger partial charge in [-0.3, -0.25) is 0 Å². The van der Waals surface area contributed by atoms with Crippen LogP contribution in [0.1, 0.15) is 5.56 Å². The standard InChI is InChI=1S/C13H10ClFOS/c14-10-4-5-13(9(6-10)8-16)17-12-3-1-2-11(15)7-12/h1-7,16H,8H2. The largest absolute Gasteiger partial charge is 0.392 e. The Bertz CT molecular complexity index is 531. The summed E-state index contributed by atoms with van der Waals surface area (Å²) in [6.45, 7) is -0.0851. The second-order valence-electron chi connectivity index (χ2n) is 3.47. The average molecular weight is 269 g/mol. The first-order valence-electron chi connectivity index (χ1n) is 5.02. The first-order chi connectivity index (χ1) is 8.19. The van der Waals surface area contributed by atoms with E-state index in [1.807, 2.05) is 12.1 Å². The summed E-state index contributed by atoms with van der Waals surface area (Å²) in [4.78, 5) is 1.67. The van der Waals surface area contributed by atoms with Crippen molar-refractivity contribution >= 4 is 23.4 Å². The van der Waals surface area contributed by atoms with Crippen molar-refractivity contribution in [3.05, 3.63) is 58.9 Å². The van der Waals surface area contributed by atoms with Gasteiger partial charge < -0.3 is 5.11 Å². The number of aliphatic hydroxyl groups is 1. The van der Waals surface area contributed by atoms with Crippen molar-refractivity contribution in [2.45, 2.75) is 16.4 Å². The van der Waals surface area contributed by atoms with Crippen molar-refractivity contribution < 1.29 is 9.50 Å². The van der Waals surface area contributed by atoms with Crippen LogP contribution in [0.4, 0.5) is 4.39 Å². The van der Waals surface area contributed by atoms with E-state index in [0.29, 0.717) is 5.02 Å². The smallest absolute Gasteiger partial charge is 0.124 e. The third-order valence-electron chi connectivity index (χ3n) is 2.22. The Kier molecular flexibility index (Phi) is 4.05. The summed E-state index contributed by atoms with van der Waals surface area (Å²) in [6, 6.07) is 11.6. The van der Waals surface area contributed by atoms with Crippen LogP contribution in [0.3, 0.4) is 0 Å². The lowest BCUT2D eigenvalue weighted by Gasteiger charge is -2.07. The third kappa shape index (κ3) is 3.22. The summed E-state index contributed by atoms with van der Waals surface area (Å²) in [6.07, 6.45) is 0. The molecule has 0 aliphatic carbocycles. The highest BCUT2D eigenvalue weighted by atomic mass is 35.5. The Balaban J connectivity index is 2.29. The highest BCUT2D eigenvalue weighted by Gasteiger charge is 2.05. The van der Waals surface area contributed by atoms with Gasteiger partial charge in [-0.2, -0.15) is 0 Å². The first-order valence-corrected chi connectivity index (χ1v) is 6.21. The quantitative estimate of drug-likeness (QED) is 0.903. The molecular weight excluding hydrogens is 259 g/mol. The molecule has 0 fully saturated rings. The molecule has 0 atom stereocenters. The Morgan fingerprint density at radius 3 is 2.71 bits per heavy atom. The predicted molar refractivity (Wildman–Crippen MR) is 67.9 cm³/mol. The fourth-order valence-electron chi connectivity index (χ4n) is 1.43. The highest BCUT2D eigenvalue weighted by Crippen LogP contribution is 2.32. The SMILES string of the molecule is OCc1cc(Cl)ccc1Sc1cccc(F)c1. The molecule has 0 aliphatic rings. The lowest BCUT2D eigenvalue weighted by Crippen LogP contribution is -1.87. The number of hydrogen-bond acceptors (Lipinski definition) is 2. The van der Waals surface area contributed by atoms with Crippen LogP contribution in [0.15, 0.2) is 52.3 Å². The van der Waals surface area contributed by atoms with Crippen molar-refractivity contribution in [2.24, 2.45) is 0 Å². The van der Waals surface area contributed by atoms with Gasteiger partial charge in [-0.15, -0.1) is 0 Å². The summed E-state index contributed by atoms with van der Waals surface area (Å²) >= 11 is 7.25. The molecule has 1 N–H and O–H groups in total. The molecule has 0 bridgehead atoms. The van der Waals surface area contributed by atoms with Gasteiger partial charge in [-0.05, 0) is 42.0 Å². The maximum atomic E-state index is 13.0. The number of halogens is 2. The molecule has 17 heavy (non-hydrogen) atoms. The van der Waals surface area contributed by atoms with Crippen LogP contribution in [0.25, 0.3) is 0 Å². The molecule has 0 aromatic heterocycles. The molecule has 2 rings (SSSR count). The zero-order valence-electron chi connectivity index (χ0n) is 8.86. The molecule has 0 unspecified atom stereocenters. The van der Waals surface area contributed by atoms with Gasteiger partial charge in [0.1, 0.15) is 5.82 Å². The molecule has 0 amide bonds. The number of hydrogen-bond donors (Lipinski definition) is 1. The molecule has 0 saturated carbocycles. The number of rotatable bonds is 3. The van der Waals surface area contributed by atoms with Gasteiger partial charge in [0.05, 0.1) is 6.61 Å². The van der Waals surface area contributed by atoms with Crippen LogP contribution in [-0.2, 0) is 6.61 Å². The molecule has 2 aromatic carbocycles. The molecule has 1 nitrogen and oxygen atoms in total. The van der Waals surface area contributed by atoms with Crippen molar-refractivity contribution in [2.75, 3.05) is 0 Å². The van der Waals surface area contributed by atoms with Gasteiger partial charge in [-0.1, -0.05) is 29.4 Å². The van der Waals surface area contributed by atoms with E-state index in [1.54, 1.807) is 18.2 Å². The van der Waals surface area contributed by atoms with Crippen molar-refractivity contribution in [3.63, 3.8) is 0 Å². The molecule has 0 saturated heterocycles. The van der Waals surface area contributed by atoms with Crippen LogP contribution < -0.4 is 0 Å². The molecule has 0 heterocycles. The second-order valence-corrected chi connectivity index (χ2v) is 5.02. The number of benzene rings is 2. The van der Waals surface area contributed by atoms with Gasteiger partial charge in [0.25, 0.3) is 0 Å². The van der Waals surface area contributed by atoms with Gasteiger partial charge in [0, 0.05) is 14.8 Å². The van der Waals surface area contributed by atoms with Crippen LogP contribution in [0.2, 0.25) is 5.02 Å². The average Bonchev–Trinajstić information content (AvgIpc) is 2.31. The molecule has 4 heteroatoms. The van der Waals surface area contributed by atoms with E-state index in [1.165, 1.54) is 23.9 Å². The fourth-order valence-corrected chi connectivity index (χ4v) is 2.59. The number of aliphatic hydroxyl groups excluding tert-OH is 1. The molecule has 0 radical (unpaired) electrons. The van der Waals surface area contributed by atoms with E-state index in [-0.39, 0.29) is 12.4 Å². The zero-order chi connectivity index (χ0) is 12.3. The van der Waals surface area contributed by atoms with Gasteiger partial charge in [-0.25, -0.2) is 4.39 Å². The van der Waals surface area contributed by atoms with Crippen LogP contribution >= 0.6 is 23.4 Å². The van der Waals surface area contributed by atoms with E-state index in [4.69, 9.17) is 11.6 Å². The Hall–Kier alpha value is -1.03. The minimum Gasteiger partial charge on any atom is -0.392 e. The van der Waals surface area contributed by atoms with Crippen molar-refractivity contribution in [1.29, 1.82) is 0 Å². The van der Waals surface area contributed by atoms with E-state index in [9.17, 15) is 9.50 Å². The Morgan fingerprint density at radius 2 is 2.00 bits per heavy atom. The Morgan fingerprint density at radius 1 is 1.18 bits per heavy atom. The molecular formula is C13H10ClFOS. The van der Waals surface area contributed by atoms with E-state index in [0.717, 1.165) is 15.4 Å². The monoisotopic (exact) mass is 268 g/mol. The van der Waals surface area contributed by atoms with E-state index < -0.39 is 0 Å². The Labute approximate surface area is 108 Å². The first kappa shape index (κ1) is 12.4. The maximum absolute atomic E-state index is 13.0. The second kappa shape index (κ2) is 5.54. The predicted octanol–water partition coefficient (Wildman–Crippen LogP) is 4.12. The summed E-state index contributed by atoms with van der Waals surface area (Å²) < 4.78 is 13.0. The van der Waals surface area contributed by atoms with Crippen LogP contribution in [0, 0.1) is 5.82 Å². The minimum atomic E-state index is -0.269. The lowest BCUT2D eigenvalue weighted by molar-refractivity contribution is 0.279. The molecule has 0 aliphatic heterocycles. The van der Waals surface area contributed by atoms with E-state index in [2.05, 4.69) is 0 Å². The topological polar surface area (TPSA) is 20.2 Å². The fraction of sp³-hybridized carbons (Fsp3) is 0.0769. The lowest BCUT2D eigenvalue weighted by atomic mass is 10.2. The van der Waals surface area contributed by atoms with Gasteiger partial charge in [0.15, 0.2) is 0 Å². The summed E-state index contributed by atoms with van der Waals surface area (Å²) in [5, 5.41) is 9.81. The van der Waals surface area contributed by atoms with Crippen molar-refractivity contribution in [1.82, 2.24) is 0 Å². The van der Waals surface area contributed by atoms with Crippen LogP contribution in [-0.4, -0.2) is 5.11 Å². The third-order valence-corrected chi connectivity index (χ3v) is 3.56. The van der Waals surface area contributed by atoms with Crippen molar-refractivity contribution in [3.8, 4) is 0 Å². The van der Waals surface area contributed by atoms with Gasteiger partial charge in [0.2, 0.25) is 0 Å². The zero-order valence-corrected chi connectivity index (χ0v) is 10.4. The molecule has 0 spiro atoms. The van der Waals surface area contributed by atoms with E-state index >= 15 is 0 Å². The minimum absolute atomic E-state index is 0.0851. The summed E-state index contributed by atoms with van der Waals surface area (Å²) in [5.74, 6) is -0.269. The molecule has 88 valence electrons. The maximum Gasteiger partial charge on any atom is 0.124 e. The van der Waals surface area contributed by atoms with Crippen LogP contribution in [0.5, 0.6) is 0 Å². The summed E-state index contributed by atoms with van der Waals surface area (Å²) in [7, 11) is 0. The molecule has 2 aromatic rings. The normalized spacial score (nSPS) is 10.5.